The Bertz CT molecular complexity index is 39.1. The summed E-state index contributed by atoms with van der Waals surface area (Å²) >= 11 is 3.42. The third kappa shape index (κ3) is 4.29. The molecule has 7 heavy (non-hydrogen) atoms. The first-order chi connectivity index (χ1) is 3.31. The second-order valence-corrected chi connectivity index (χ2v) is 2.84. The van der Waals surface area contributed by atoms with Crippen LogP contribution in [0, 0.1) is 0 Å². The van der Waals surface area contributed by atoms with E-state index in [0.29, 0.717) is 11.4 Å². The van der Waals surface area contributed by atoms with Gasteiger partial charge in [-0.1, -0.05) is 22.9 Å². The number of hydrogen-bond acceptors (Lipinski definition) is 0. The zero-order chi connectivity index (χ0) is 5.70. The zero-order valence-electron chi connectivity index (χ0n) is 4.58. The average molecular weight is 165 g/mol. The van der Waals surface area contributed by atoms with E-state index in [0.717, 1.165) is 12.8 Å². The van der Waals surface area contributed by atoms with Crippen LogP contribution in [0.15, 0.2) is 0 Å². The molecule has 0 aromatic carbocycles. The maximum Gasteiger partial charge on any atom is 0.0155 e. The highest BCUT2D eigenvalue weighted by atomic mass is 79.9. The lowest BCUT2D eigenvalue weighted by molar-refractivity contribution is 0.747. The Morgan fingerprint density at radius 1 is 1.71 bits per heavy atom. The van der Waals surface area contributed by atoms with Gasteiger partial charge in [0.25, 0.3) is 0 Å². The predicted octanol–water partition coefficient (Wildman–Crippen LogP) is 1.83. The molecule has 0 saturated heterocycles. The van der Waals surface area contributed by atoms with E-state index in [9.17, 15) is 0 Å². The Hall–Kier alpha value is 0.440. The van der Waals surface area contributed by atoms with E-state index in [1.54, 1.807) is 0 Å². The van der Waals surface area contributed by atoms with Crippen molar-refractivity contribution in [2.45, 2.75) is 24.6 Å². The van der Waals surface area contributed by atoms with Crippen molar-refractivity contribution >= 4 is 15.9 Å². The fourth-order valence-corrected chi connectivity index (χ4v) is 0.590. The lowest BCUT2D eigenvalue weighted by atomic mass is 10.2. The number of alkyl halides is 1. The molecule has 1 unspecified atom stereocenters. The summed E-state index contributed by atoms with van der Waals surface area (Å²) in [6.45, 7) is 2.67. The number of halogens is 1. The molecule has 0 heterocycles. The standard InChI is InChI=1S/C5H11BrN/c1-2-5(6)3-4-7/h5,7H,2-4H2,1H3. The minimum absolute atomic E-state index is 0.545. The molecular weight excluding hydrogens is 154 g/mol. The van der Waals surface area contributed by atoms with Gasteiger partial charge in [0.15, 0.2) is 0 Å². The van der Waals surface area contributed by atoms with E-state index in [1.165, 1.54) is 0 Å². The van der Waals surface area contributed by atoms with Crippen LogP contribution in [0.3, 0.4) is 0 Å². The van der Waals surface area contributed by atoms with Gasteiger partial charge in [-0.25, -0.2) is 0 Å². The Balaban J connectivity index is 2.83. The quantitative estimate of drug-likeness (QED) is 0.569. The van der Waals surface area contributed by atoms with E-state index < -0.39 is 0 Å². The summed E-state index contributed by atoms with van der Waals surface area (Å²) in [5, 5.41) is 0. The lowest BCUT2D eigenvalue weighted by Crippen LogP contribution is -1.98. The summed E-state index contributed by atoms with van der Waals surface area (Å²) in [7, 11) is 0. The largest absolute Gasteiger partial charge is 0.258 e. The lowest BCUT2D eigenvalue weighted by Gasteiger charge is -1.99. The molecule has 2 heteroatoms. The fraction of sp³-hybridized carbons (Fsp3) is 1.00. The van der Waals surface area contributed by atoms with Gasteiger partial charge in [-0.3, -0.25) is 5.73 Å². The van der Waals surface area contributed by atoms with Crippen LogP contribution < -0.4 is 5.73 Å². The van der Waals surface area contributed by atoms with Crippen molar-refractivity contribution in [3.8, 4) is 0 Å². The van der Waals surface area contributed by atoms with E-state index in [-0.39, 0.29) is 0 Å². The Labute approximate surface area is 53.4 Å². The molecule has 1 atom stereocenters. The minimum Gasteiger partial charge on any atom is -0.258 e. The van der Waals surface area contributed by atoms with E-state index >= 15 is 0 Å². The molecule has 0 amide bonds. The van der Waals surface area contributed by atoms with Gasteiger partial charge in [0.05, 0.1) is 0 Å². The van der Waals surface area contributed by atoms with Crippen molar-refractivity contribution in [3.63, 3.8) is 0 Å². The predicted molar refractivity (Wildman–Crippen MR) is 35.6 cm³/mol. The highest BCUT2D eigenvalue weighted by Gasteiger charge is 1.95. The van der Waals surface area contributed by atoms with Gasteiger partial charge in [-0.05, 0) is 12.8 Å². The van der Waals surface area contributed by atoms with Crippen LogP contribution >= 0.6 is 15.9 Å². The van der Waals surface area contributed by atoms with Crippen LogP contribution in [-0.4, -0.2) is 11.4 Å². The van der Waals surface area contributed by atoms with E-state index in [1.807, 2.05) is 0 Å². The zero-order valence-corrected chi connectivity index (χ0v) is 6.16. The molecule has 0 aliphatic rings. The summed E-state index contributed by atoms with van der Waals surface area (Å²) < 4.78 is 0. The highest BCUT2D eigenvalue weighted by Crippen LogP contribution is 2.06. The monoisotopic (exact) mass is 164 g/mol. The molecule has 1 N–H and O–H groups in total. The van der Waals surface area contributed by atoms with Crippen LogP contribution in [0.4, 0.5) is 0 Å². The second-order valence-electron chi connectivity index (χ2n) is 1.54. The van der Waals surface area contributed by atoms with Crippen molar-refractivity contribution in [2.24, 2.45) is 0 Å². The average Bonchev–Trinajstić information content (AvgIpc) is 1.68. The molecule has 1 nitrogen and oxygen atoms in total. The molecule has 0 aliphatic heterocycles. The third-order valence-corrected chi connectivity index (χ3v) is 2.01. The topological polar surface area (TPSA) is 23.8 Å². The molecule has 0 bridgehead atoms. The third-order valence-electron chi connectivity index (χ3n) is 0.901. The molecule has 0 rings (SSSR count). The van der Waals surface area contributed by atoms with Gasteiger partial charge in [-0.15, -0.1) is 0 Å². The molecule has 1 radical (unpaired) electrons. The van der Waals surface area contributed by atoms with Crippen molar-refractivity contribution in [1.82, 2.24) is 5.73 Å². The van der Waals surface area contributed by atoms with Crippen LogP contribution in [-0.2, 0) is 0 Å². The van der Waals surface area contributed by atoms with Gasteiger partial charge < -0.3 is 0 Å². The van der Waals surface area contributed by atoms with E-state index in [4.69, 9.17) is 5.73 Å². The van der Waals surface area contributed by atoms with Crippen molar-refractivity contribution in [3.05, 3.63) is 0 Å². The highest BCUT2D eigenvalue weighted by molar-refractivity contribution is 9.09. The summed E-state index contributed by atoms with van der Waals surface area (Å²) in [6, 6.07) is 0. The Kier molecular flexibility index (Phi) is 4.88. The maximum atomic E-state index is 6.81. The second kappa shape index (κ2) is 4.60. The molecular formula is C5H11BrN. The van der Waals surface area contributed by atoms with Crippen LogP contribution in [0.2, 0.25) is 0 Å². The van der Waals surface area contributed by atoms with Crippen molar-refractivity contribution < 1.29 is 0 Å². The smallest absolute Gasteiger partial charge is 0.0155 e. The molecule has 0 fully saturated rings. The Morgan fingerprint density at radius 3 is 2.43 bits per heavy atom. The van der Waals surface area contributed by atoms with Crippen LogP contribution in [0.25, 0.3) is 0 Å². The summed E-state index contributed by atoms with van der Waals surface area (Å²) in [5.41, 5.74) is 6.81. The number of rotatable bonds is 3. The summed E-state index contributed by atoms with van der Waals surface area (Å²) in [6.07, 6.45) is 2.12. The Morgan fingerprint density at radius 2 is 2.29 bits per heavy atom. The van der Waals surface area contributed by atoms with Crippen LogP contribution in [0.5, 0.6) is 0 Å². The SMILES string of the molecule is CCC(Br)CC[NH]. The van der Waals surface area contributed by atoms with Gasteiger partial charge in [0, 0.05) is 11.4 Å². The van der Waals surface area contributed by atoms with E-state index in [2.05, 4.69) is 22.9 Å². The number of hydrogen-bond donors (Lipinski definition) is 0. The molecule has 43 valence electrons. The van der Waals surface area contributed by atoms with Gasteiger partial charge in [-0.2, -0.15) is 0 Å². The fourth-order valence-electron chi connectivity index (χ4n) is 0.361. The molecule has 0 spiro atoms. The molecule has 0 aromatic heterocycles. The molecule has 0 aliphatic carbocycles. The molecule has 0 aromatic rings. The van der Waals surface area contributed by atoms with Crippen LogP contribution in [0.1, 0.15) is 19.8 Å². The number of nitrogens with one attached hydrogen (secondary N) is 1. The van der Waals surface area contributed by atoms with Crippen molar-refractivity contribution in [2.75, 3.05) is 6.54 Å². The summed E-state index contributed by atoms with van der Waals surface area (Å²) in [4.78, 5) is 0.574. The normalized spacial score (nSPS) is 14.1. The van der Waals surface area contributed by atoms with Gasteiger partial charge in [0.2, 0.25) is 0 Å². The first-order valence-electron chi connectivity index (χ1n) is 2.60. The van der Waals surface area contributed by atoms with Crippen molar-refractivity contribution in [1.29, 1.82) is 0 Å². The van der Waals surface area contributed by atoms with Gasteiger partial charge in [0.1, 0.15) is 0 Å². The first-order valence-corrected chi connectivity index (χ1v) is 3.51. The summed E-state index contributed by atoms with van der Waals surface area (Å²) in [5.74, 6) is 0. The first kappa shape index (κ1) is 7.44. The van der Waals surface area contributed by atoms with Gasteiger partial charge >= 0.3 is 0 Å². The molecule has 0 saturated carbocycles. The maximum absolute atomic E-state index is 6.81. The minimum atomic E-state index is 0.545.